The maximum absolute atomic E-state index is 11.4. The molecule has 17 heavy (non-hydrogen) atoms. The molecule has 0 bridgehead atoms. The molecule has 0 N–H and O–H groups in total. The lowest BCUT2D eigenvalue weighted by molar-refractivity contribution is -0.151. The molecule has 0 aliphatic carbocycles. The minimum Gasteiger partial charge on any atom is -0.447 e. The number of carbonyl (C=O) groups is 3. The number of rotatable bonds is 3. The van der Waals surface area contributed by atoms with Crippen LogP contribution in [0.1, 0.15) is 17.5 Å². The van der Waals surface area contributed by atoms with Gasteiger partial charge in [0.15, 0.2) is 12.4 Å². The van der Waals surface area contributed by atoms with Crippen molar-refractivity contribution in [3.05, 3.63) is 18.2 Å². The fraction of sp³-hybridized carbons (Fsp3) is 0.273. The lowest BCUT2D eigenvalue weighted by Gasteiger charge is -1.95. The van der Waals surface area contributed by atoms with Gasteiger partial charge in [0.05, 0.1) is 0 Å². The largest absolute Gasteiger partial charge is 0.447 e. The maximum Gasteiger partial charge on any atom is 0.375 e. The molecule has 6 heteroatoms. The highest BCUT2D eigenvalue weighted by Crippen LogP contribution is 1.94. The van der Waals surface area contributed by atoms with Crippen LogP contribution in [-0.4, -0.2) is 33.7 Å². The van der Waals surface area contributed by atoms with Crippen LogP contribution in [0, 0.1) is 11.8 Å². The Labute approximate surface area is 97.6 Å². The summed E-state index contributed by atoms with van der Waals surface area (Å²) in [5.41, 5.74) is 0. The predicted molar refractivity (Wildman–Crippen MR) is 57.0 cm³/mol. The van der Waals surface area contributed by atoms with Crippen LogP contribution in [0.3, 0.4) is 0 Å². The van der Waals surface area contributed by atoms with E-state index in [1.54, 1.807) is 13.2 Å². The monoisotopic (exact) mass is 234 g/mol. The van der Waals surface area contributed by atoms with Crippen LogP contribution >= 0.6 is 0 Å². The third-order valence-corrected chi connectivity index (χ3v) is 1.79. The molecule has 0 unspecified atom stereocenters. The van der Waals surface area contributed by atoms with Gasteiger partial charge >= 0.3 is 5.97 Å². The maximum atomic E-state index is 11.4. The topological polar surface area (TPSA) is 78.3 Å². The number of aromatic nitrogens is 2. The molecule has 0 saturated heterocycles. The van der Waals surface area contributed by atoms with Crippen molar-refractivity contribution in [1.29, 1.82) is 0 Å². The van der Waals surface area contributed by atoms with Gasteiger partial charge in [-0.15, -0.1) is 0 Å². The molecule has 1 rings (SSSR count). The number of aryl methyl sites for hydroxylation is 1. The lowest BCUT2D eigenvalue weighted by Crippen LogP contribution is -2.13. The van der Waals surface area contributed by atoms with E-state index in [1.807, 2.05) is 0 Å². The number of Topliss-reactive ketones (excluding diaryl/α,β-unsaturated/α-hetero) is 2. The number of hydrogen-bond acceptors (Lipinski definition) is 5. The van der Waals surface area contributed by atoms with Gasteiger partial charge in [-0.1, -0.05) is 5.92 Å². The first-order valence-electron chi connectivity index (χ1n) is 4.70. The molecular weight excluding hydrogens is 224 g/mol. The molecule has 6 nitrogen and oxygen atoms in total. The van der Waals surface area contributed by atoms with E-state index < -0.39 is 17.5 Å². The molecule has 0 aliphatic rings. The Morgan fingerprint density at radius 3 is 2.71 bits per heavy atom. The van der Waals surface area contributed by atoms with Gasteiger partial charge in [-0.25, -0.2) is 9.78 Å². The number of esters is 1. The molecule has 0 spiro atoms. The van der Waals surface area contributed by atoms with Gasteiger partial charge in [0.1, 0.15) is 0 Å². The van der Waals surface area contributed by atoms with Gasteiger partial charge in [0.2, 0.25) is 5.78 Å². The molecule has 0 atom stereocenters. The summed E-state index contributed by atoms with van der Waals surface area (Å²) in [4.78, 5) is 36.5. The van der Waals surface area contributed by atoms with E-state index in [1.165, 1.54) is 10.8 Å². The quantitative estimate of drug-likeness (QED) is 0.237. The Morgan fingerprint density at radius 2 is 2.18 bits per heavy atom. The Hall–Kier alpha value is -2.42. The summed E-state index contributed by atoms with van der Waals surface area (Å²) in [7, 11) is 1.66. The van der Waals surface area contributed by atoms with Crippen LogP contribution in [0.15, 0.2) is 12.4 Å². The van der Waals surface area contributed by atoms with E-state index in [2.05, 4.69) is 21.6 Å². The summed E-state index contributed by atoms with van der Waals surface area (Å²) in [6.07, 6.45) is 3.09. The SMILES string of the molecule is CC(=O)C(=O)OCC#CC(=O)c1nccn1C. The molecule has 0 fully saturated rings. The van der Waals surface area contributed by atoms with Crippen molar-refractivity contribution in [2.24, 2.45) is 7.05 Å². The Bertz CT molecular complexity index is 519. The van der Waals surface area contributed by atoms with Crippen molar-refractivity contribution in [3.63, 3.8) is 0 Å². The van der Waals surface area contributed by atoms with Crippen LogP contribution in [0.2, 0.25) is 0 Å². The van der Waals surface area contributed by atoms with Crippen molar-refractivity contribution < 1.29 is 19.1 Å². The molecule has 0 saturated carbocycles. The number of ether oxygens (including phenoxy) is 1. The minimum absolute atomic E-state index is 0.204. The van der Waals surface area contributed by atoms with Gasteiger partial charge in [-0.2, -0.15) is 0 Å². The number of nitrogens with zero attached hydrogens (tertiary/aromatic N) is 2. The molecule has 0 aromatic carbocycles. The zero-order chi connectivity index (χ0) is 12.8. The molecule has 0 amide bonds. The summed E-state index contributed by atoms with van der Waals surface area (Å²) in [5, 5.41) is 0. The second kappa shape index (κ2) is 5.61. The van der Waals surface area contributed by atoms with Gasteiger partial charge in [-0.3, -0.25) is 9.59 Å². The summed E-state index contributed by atoms with van der Waals surface area (Å²) in [5.74, 6) is 2.65. The fourth-order valence-corrected chi connectivity index (χ4v) is 0.960. The zero-order valence-corrected chi connectivity index (χ0v) is 9.39. The van der Waals surface area contributed by atoms with Gasteiger partial charge in [0, 0.05) is 26.4 Å². The van der Waals surface area contributed by atoms with Crippen LogP contribution in [-0.2, 0) is 21.4 Å². The number of hydrogen-bond donors (Lipinski definition) is 0. The fourth-order valence-electron chi connectivity index (χ4n) is 0.960. The van der Waals surface area contributed by atoms with Crippen LogP contribution in [0.4, 0.5) is 0 Å². The molecular formula is C11H10N2O4. The standard InChI is InChI=1S/C11H10N2O4/c1-8(14)11(16)17-7-3-4-9(15)10-12-5-6-13(10)2/h5-6H,7H2,1-2H3. The highest BCUT2D eigenvalue weighted by Gasteiger charge is 2.08. The second-order valence-corrected chi connectivity index (χ2v) is 3.12. The average Bonchev–Trinajstić information content (AvgIpc) is 2.70. The summed E-state index contributed by atoms with van der Waals surface area (Å²) >= 11 is 0. The van der Waals surface area contributed by atoms with Crippen molar-refractivity contribution in [3.8, 4) is 11.8 Å². The van der Waals surface area contributed by atoms with Crippen molar-refractivity contribution >= 4 is 17.5 Å². The molecule has 1 aromatic rings. The van der Waals surface area contributed by atoms with Gasteiger partial charge in [0.25, 0.3) is 5.78 Å². The third-order valence-electron chi connectivity index (χ3n) is 1.79. The molecule has 88 valence electrons. The smallest absolute Gasteiger partial charge is 0.375 e. The van der Waals surface area contributed by atoms with Crippen LogP contribution in [0.25, 0.3) is 0 Å². The van der Waals surface area contributed by atoms with E-state index in [0.29, 0.717) is 0 Å². The van der Waals surface area contributed by atoms with Crippen LogP contribution < -0.4 is 0 Å². The first-order valence-corrected chi connectivity index (χ1v) is 4.70. The van der Waals surface area contributed by atoms with Crippen molar-refractivity contribution in [2.45, 2.75) is 6.92 Å². The Balaban J connectivity index is 2.51. The van der Waals surface area contributed by atoms with Gasteiger partial charge < -0.3 is 9.30 Å². The summed E-state index contributed by atoms with van der Waals surface area (Å²) in [6.45, 7) is 0.795. The van der Waals surface area contributed by atoms with Crippen LogP contribution in [0.5, 0.6) is 0 Å². The first kappa shape index (κ1) is 12.6. The van der Waals surface area contributed by atoms with Crippen molar-refractivity contribution in [2.75, 3.05) is 6.61 Å². The van der Waals surface area contributed by atoms with E-state index in [-0.39, 0.29) is 12.4 Å². The van der Waals surface area contributed by atoms with Crippen molar-refractivity contribution in [1.82, 2.24) is 9.55 Å². The minimum atomic E-state index is -0.969. The number of carbonyl (C=O) groups excluding carboxylic acids is 3. The summed E-state index contributed by atoms with van der Waals surface area (Å²) < 4.78 is 5.99. The van der Waals surface area contributed by atoms with E-state index in [0.717, 1.165) is 6.92 Å². The molecule has 1 heterocycles. The average molecular weight is 234 g/mol. The lowest BCUT2D eigenvalue weighted by atomic mass is 10.3. The summed E-state index contributed by atoms with van der Waals surface area (Å²) in [6, 6.07) is 0. The zero-order valence-electron chi connectivity index (χ0n) is 9.39. The highest BCUT2D eigenvalue weighted by atomic mass is 16.5. The number of imidazole rings is 1. The second-order valence-electron chi connectivity index (χ2n) is 3.12. The third kappa shape index (κ3) is 3.57. The Morgan fingerprint density at radius 1 is 1.47 bits per heavy atom. The molecule has 0 aliphatic heterocycles. The molecule has 1 aromatic heterocycles. The van der Waals surface area contributed by atoms with E-state index >= 15 is 0 Å². The highest BCUT2D eigenvalue weighted by molar-refractivity contribution is 6.32. The normalized spacial score (nSPS) is 9.06. The predicted octanol–water partition coefficient (Wildman–Crippen LogP) is -0.262. The molecule has 0 radical (unpaired) electrons. The van der Waals surface area contributed by atoms with Gasteiger partial charge in [-0.05, 0) is 5.92 Å². The van der Waals surface area contributed by atoms with E-state index in [4.69, 9.17) is 0 Å². The number of ketones is 2. The first-order chi connectivity index (χ1) is 8.02. The van der Waals surface area contributed by atoms with E-state index in [9.17, 15) is 14.4 Å². The Kier molecular flexibility index (Phi) is 4.17.